The van der Waals surface area contributed by atoms with E-state index in [-0.39, 0.29) is 28.0 Å². The van der Waals surface area contributed by atoms with Crippen molar-refractivity contribution < 1.29 is 32.2 Å². The number of amides is 1. The summed E-state index contributed by atoms with van der Waals surface area (Å²) in [5.41, 5.74) is -2.38. The molecule has 1 atom stereocenters. The van der Waals surface area contributed by atoms with Crippen LogP contribution in [0.1, 0.15) is 35.6 Å². The van der Waals surface area contributed by atoms with Crippen molar-refractivity contribution >= 4 is 34.2 Å². The third kappa shape index (κ3) is 5.39. The summed E-state index contributed by atoms with van der Waals surface area (Å²) in [5, 5.41) is 12.3. The molecule has 0 saturated heterocycles. The van der Waals surface area contributed by atoms with Gasteiger partial charge in [0.1, 0.15) is 12.1 Å². The van der Waals surface area contributed by atoms with E-state index in [2.05, 4.69) is 25.0 Å². The molecule has 2 N–H and O–H groups in total. The van der Waals surface area contributed by atoms with E-state index in [1.165, 1.54) is 59.7 Å². The largest absolute Gasteiger partial charge is 0.487 e. The summed E-state index contributed by atoms with van der Waals surface area (Å²) >= 11 is 4.74. The predicted octanol–water partition coefficient (Wildman–Crippen LogP) is 5.40. The van der Waals surface area contributed by atoms with Crippen molar-refractivity contribution in [3.63, 3.8) is 0 Å². The number of carbonyl (C=O) groups excluding carboxylic acids is 1. The van der Waals surface area contributed by atoms with Crippen LogP contribution in [0, 0.1) is 0 Å². The Hall–Kier alpha value is -3.77. The summed E-state index contributed by atoms with van der Waals surface area (Å²) in [6.07, 6.45) is 1.27. The maximum absolute atomic E-state index is 13.8. The quantitative estimate of drug-likeness (QED) is 0.237. The van der Waals surface area contributed by atoms with Crippen LogP contribution >= 0.6 is 11.6 Å². The summed E-state index contributed by atoms with van der Waals surface area (Å²) in [6, 6.07) is 7.11. The van der Waals surface area contributed by atoms with Crippen molar-refractivity contribution in [3.05, 3.63) is 66.5 Å². The third-order valence-corrected chi connectivity index (χ3v) is 5.27. The molecule has 0 saturated carbocycles. The number of fused-ring (bicyclic) bond motifs is 1. The van der Waals surface area contributed by atoms with Gasteiger partial charge in [-0.3, -0.25) is 4.79 Å². The predicted molar refractivity (Wildman–Crippen MR) is 123 cm³/mol. The number of rotatable bonds is 8. The molecule has 0 bridgehead atoms. The standard InChI is InChI=1S/C23H18ClF4N5O3/c1-12(10-34)33-19-17(14-8-29-11-30-9-14)6-13(7-18(19)32-21(33)20(25)26)22(35)31-15-2-4-16(5-3-15)36-23(24,27)28/h2-9,11-12,20,34H,10H2,1H3,(H,31,35)/t12-/m0/s1. The number of benzene rings is 2. The molecule has 0 aliphatic rings. The number of alkyl halides is 5. The third-order valence-electron chi connectivity index (χ3n) is 5.19. The Balaban J connectivity index is 1.78. The fourth-order valence-electron chi connectivity index (χ4n) is 3.66. The van der Waals surface area contributed by atoms with Gasteiger partial charge in [0, 0.05) is 46.4 Å². The smallest absolute Gasteiger partial charge is 0.420 e. The van der Waals surface area contributed by atoms with Crippen LogP contribution in [0.15, 0.2) is 55.1 Å². The SMILES string of the molecule is C[C@@H](CO)n1c(C(F)F)nc2cc(C(=O)Nc3ccc(OC(F)(F)Cl)cc3)cc(-c3cncnc3)c21. The number of aromatic nitrogens is 4. The Bertz CT molecular complexity index is 1380. The summed E-state index contributed by atoms with van der Waals surface area (Å²) in [4.78, 5) is 25.0. The number of hydrogen-bond acceptors (Lipinski definition) is 6. The number of hydrogen-bond donors (Lipinski definition) is 2. The number of aliphatic hydroxyl groups is 1. The number of halogens is 5. The van der Waals surface area contributed by atoms with Gasteiger partial charge < -0.3 is 19.7 Å². The lowest BCUT2D eigenvalue weighted by atomic mass is 10.0. The van der Waals surface area contributed by atoms with Gasteiger partial charge in [0.25, 0.3) is 12.3 Å². The molecule has 0 radical (unpaired) electrons. The lowest BCUT2D eigenvalue weighted by molar-refractivity contribution is -0.0964. The molecule has 1 amide bonds. The van der Waals surface area contributed by atoms with E-state index in [0.717, 1.165) is 0 Å². The van der Waals surface area contributed by atoms with Gasteiger partial charge in [0.2, 0.25) is 0 Å². The average Bonchev–Trinajstić information content (AvgIpc) is 3.24. The van der Waals surface area contributed by atoms with Crippen molar-refractivity contribution in [2.24, 2.45) is 0 Å². The maximum Gasteiger partial charge on any atom is 0.487 e. The molecule has 4 aromatic rings. The van der Waals surface area contributed by atoms with E-state index in [9.17, 15) is 27.5 Å². The first-order valence-electron chi connectivity index (χ1n) is 10.4. The van der Waals surface area contributed by atoms with Gasteiger partial charge in [-0.1, -0.05) is 0 Å². The van der Waals surface area contributed by atoms with Gasteiger partial charge in [0.15, 0.2) is 5.82 Å². The number of ether oxygens (including phenoxy) is 1. The van der Waals surface area contributed by atoms with Gasteiger partial charge in [-0.2, -0.15) is 0 Å². The second-order valence-electron chi connectivity index (χ2n) is 7.72. The highest BCUT2D eigenvalue weighted by molar-refractivity contribution is 6.20. The molecule has 0 unspecified atom stereocenters. The van der Waals surface area contributed by atoms with Gasteiger partial charge in [-0.05, 0) is 43.3 Å². The molecule has 188 valence electrons. The topological polar surface area (TPSA) is 102 Å². The van der Waals surface area contributed by atoms with Crippen molar-refractivity contribution in [2.75, 3.05) is 11.9 Å². The molecular formula is C23H18ClF4N5O3. The van der Waals surface area contributed by atoms with Crippen molar-refractivity contribution in [2.45, 2.75) is 25.0 Å². The number of nitrogens with one attached hydrogen (secondary N) is 1. The molecule has 13 heteroatoms. The number of carbonyl (C=O) groups is 1. The van der Waals surface area contributed by atoms with E-state index >= 15 is 0 Å². The Morgan fingerprint density at radius 1 is 1.19 bits per heavy atom. The lowest BCUT2D eigenvalue weighted by Crippen LogP contribution is -2.16. The van der Waals surface area contributed by atoms with Crippen LogP contribution in [-0.4, -0.2) is 42.7 Å². The minimum absolute atomic E-state index is 0.0797. The molecule has 8 nitrogen and oxygen atoms in total. The van der Waals surface area contributed by atoms with Gasteiger partial charge >= 0.3 is 5.57 Å². The molecule has 36 heavy (non-hydrogen) atoms. The molecule has 4 rings (SSSR count). The highest BCUT2D eigenvalue weighted by atomic mass is 35.5. The van der Waals surface area contributed by atoms with E-state index in [4.69, 9.17) is 11.6 Å². The van der Waals surface area contributed by atoms with Crippen molar-refractivity contribution in [3.8, 4) is 16.9 Å². The van der Waals surface area contributed by atoms with Crippen LogP contribution in [0.25, 0.3) is 22.2 Å². The summed E-state index contributed by atoms with van der Waals surface area (Å²) < 4.78 is 58.7. The molecule has 0 aliphatic carbocycles. The summed E-state index contributed by atoms with van der Waals surface area (Å²) in [5.74, 6) is -1.40. The zero-order valence-electron chi connectivity index (χ0n) is 18.5. The molecule has 2 heterocycles. The normalized spacial score (nSPS) is 12.7. The highest BCUT2D eigenvalue weighted by Gasteiger charge is 2.28. The van der Waals surface area contributed by atoms with Crippen LogP contribution in [-0.2, 0) is 0 Å². The summed E-state index contributed by atoms with van der Waals surface area (Å²) in [6.45, 7) is 1.14. The van der Waals surface area contributed by atoms with Crippen molar-refractivity contribution in [1.29, 1.82) is 0 Å². The van der Waals surface area contributed by atoms with Crippen LogP contribution in [0.4, 0.5) is 23.2 Å². The molecule has 0 spiro atoms. The highest BCUT2D eigenvalue weighted by Crippen LogP contribution is 2.35. The minimum atomic E-state index is -3.88. The Morgan fingerprint density at radius 3 is 2.44 bits per heavy atom. The van der Waals surface area contributed by atoms with Gasteiger partial charge in [-0.15, -0.1) is 8.78 Å². The zero-order chi connectivity index (χ0) is 26.0. The minimum Gasteiger partial charge on any atom is -0.420 e. The Labute approximate surface area is 206 Å². The second kappa shape index (κ2) is 10.1. The van der Waals surface area contributed by atoms with Crippen LogP contribution in [0.5, 0.6) is 5.75 Å². The van der Waals surface area contributed by atoms with E-state index in [0.29, 0.717) is 11.1 Å². The monoisotopic (exact) mass is 523 g/mol. The maximum atomic E-state index is 13.8. The van der Waals surface area contributed by atoms with E-state index in [1.807, 2.05) is 0 Å². The first-order chi connectivity index (χ1) is 17.1. The average molecular weight is 524 g/mol. The van der Waals surface area contributed by atoms with Gasteiger partial charge in [-0.25, -0.2) is 23.7 Å². The molecule has 0 fully saturated rings. The molecule has 0 aliphatic heterocycles. The van der Waals surface area contributed by atoms with Gasteiger partial charge in [0.05, 0.1) is 23.7 Å². The summed E-state index contributed by atoms with van der Waals surface area (Å²) in [7, 11) is 0. The zero-order valence-corrected chi connectivity index (χ0v) is 19.3. The van der Waals surface area contributed by atoms with E-state index < -0.39 is 36.4 Å². The van der Waals surface area contributed by atoms with Crippen LogP contribution < -0.4 is 10.1 Å². The fourth-order valence-corrected chi connectivity index (χ4v) is 3.75. The first-order valence-corrected chi connectivity index (χ1v) is 10.8. The number of nitrogens with zero attached hydrogens (tertiary/aromatic N) is 4. The second-order valence-corrected chi connectivity index (χ2v) is 8.16. The molecule has 2 aromatic heterocycles. The lowest BCUT2D eigenvalue weighted by Gasteiger charge is -2.17. The fraction of sp³-hybridized carbons (Fsp3) is 0.217. The number of aliphatic hydroxyl groups excluding tert-OH is 1. The van der Waals surface area contributed by atoms with Crippen LogP contribution in [0.3, 0.4) is 0 Å². The van der Waals surface area contributed by atoms with E-state index in [1.54, 1.807) is 6.92 Å². The number of anilines is 1. The van der Waals surface area contributed by atoms with Crippen LogP contribution in [0.2, 0.25) is 0 Å². The molecule has 2 aromatic carbocycles. The Kier molecular flexibility index (Phi) is 7.09. The Morgan fingerprint density at radius 2 is 1.86 bits per heavy atom. The first kappa shape index (κ1) is 25.3. The van der Waals surface area contributed by atoms with Crippen molar-refractivity contribution in [1.82, 2.24) is 19.5 Å². The number of imidazole rings is 1. The molecular weight excluding hydrogens is 506 g/mol.